The number of rotatable bonds is 5. The number of sulfonamides is 1. The maximum Gasteiger partial charge on any atom is 0.407 e. The van der Waals surface area contributed by atoms with Crippen molar-refractivity contribution in [3.05, 3.63) is 29.8 Å². The summed E-state index contributed by atoms with van der Waals surface area (Å²) in [5, 5.41) is 2.78. The molecule has 1 amide bonds. The van der Waals surface area contributed by atoms with Crippen LogP contribution in [0.2, 0.25) is 0 Å². The van der Waals surface area contributed by atoms with E-state index in [1.807, 2.05) is 27.7 Å². The molecule has 26 heavy (non-hydrogen) atoms. The summed E-state index contributed by atoms with van der Waals surface area (Å²) >= 11 is 0. The Morgan fingerprint density at radius 2 is 1.77 bits per heavy atom. The Morgan fingerprint density at radius 1 is 1.15 bits per heavy atom. The van der Waals surface area contributed by atoms with E-state index in [9.17, 15) is 13.2 Å². The van der Waals surface area contributed by atoms with E-state index in [4.69, 9.17) is 4.74 Å². The topological polar surface area (TPSA) is 84.5 Å². The Labute approximate surface area is 156 Å². The van der Waals surface area contributed by atoms with Crippen molar-refractivity contribution >= 4 is 16.1 Å². The summed E-state index contributed by atoms with van der Waals surface area (Å²) in [6, 6.07) is 6.63. The fourth-order valence-corrected chi connectivity index (χ4v) is 4.46. The van der Waals surface area contributed by atoms with E-state index in [0.717, 1.165) is 31.2 Å². The molecule has 0 bridgehead atoms. The standard InChI is InChI=1S/C19H30N2O4S/c1-14-9-11-16(12-10-14)26(23,24)21-17-8-6-5-7-15(17)13-20-18(22)25-19(2,3)4/h9-12,15,17,21H,5-8,13H2,1-4H3,(H,20,22)/t15-,17-/m0/s1. The molecule has 1 aliphatic rings. The van der Waals surface area contributed by atoms with Gasteiger partial charge in [0.05, 0.1) is 4.90 Å². The van der Waals surface area contributed by atoms with E-state index >= 15 is 0 Å². The van der Waals surface area contributed by atoms with Crippen LogP contribution in [-0.4, -0.2) is 32.7 Å². The highest BCUT2D eigenvalue weighted by molar-refractivity contribution is 7.89. The van der Waals surface area contributed by atoms with Crippen LogP contribution < -0.4 is 10.0 Å². The normalized spacial score (nSPS) is 21.2. The van der Waals surface area contributed by atoms with Crippen LogP contribution in [0, 0.1) is 12.8 Å². The quantitative estimate of drug-likeness (QED) is 0.818. The van der Waals surface area contributed by atoms with Crippen LogP contribution in [-0.2, 0) is 14.8 Å². The van der Waals surface area contributed by atoms with Crippen molar-refractivity contribution in [2.45, 2.75) is 69.9 Å². The monoisotopic (exact) mass is 382 g/mol. The Hall–Kier alpha value is -1.60. The zero-order valence-corrected chi connectivity index (χ0v) is 16.9. The van der Waals surface area contributed by atoms with Gasteiger partial charge in [0.1, 0.15) is 5.60 Å². The van der Waals surface area contributed by atoms with Gasteiger partial charge in [-0.1, -0.05) is 30.5 Å². The van der Waals surface area contributed by atoms with Crippen LogP contribution in [0.25, 0.3) is 0 Å². The molecule has 2 atom stereocenters. The summed E-state index contributed by atoms with van der Waals surface area (Å²) in [5.41, 5.74) is 0.462. The fourth-order valence-electron chi connectivity index (χ4n) is 3.12. The number of aryl methyl sites for hydroxylation is 1. The smallest absolute Gasteiger partial charge is 0.407 e. The first-order valence-corrected chi connectivity index (χ1v) is 10.6. The van der Waals surface area contributed by atoms with Gasteiger partial charge in [0.2, 0.25) is 10.0 Å². The van der Waals surface area contributed by atoms with Gasteiger partial charge >= 0.3 is 6.09 Å². The zero-order chi connectivity index (χ0) is 19.4. The minimum atomic E-state index is -3.57. The van der Waals surface area contributed by atoms with E-state index in [2.05, 4.69) is 10.0 Å². The molecular formula is C19H30N2O4S. The lowest BCUT2D eigenvalue weighted by Crippen LogP contribution is -2.46. The predicted molar refractivity (Wildman–Crippen MR) is 101 cm³/mol. The summed E-state index contributed by atoms with van der Waals surface area (Å²) < 4.78 is 33.4. The highest BCUT2D eigenvalue weighted by atomic mass is 32.2. The first-order valence-electron chi connectivity index (χ1n) is 9.13. The van der Waals surface area contributed by atoms with E-state index in [1.165, 1.54) is 0 Å². The van der Waals surface area contributed by atoms with E-state index < -0.39 is 21.7 Å². The zero-order valence-electron chi connectivity index (χ0n) is 16.0. The lowest BCUT2D eigenvalue weighted by molar-refractivity contribution is 0.0512. The minimum Gasteiger partial charge on any atom is -0.444 e. The second kappa shape index (κ2) is 8.39. The lowest BCUT2D eigenvalue weighted by atomic mass is 9.85. The summed E-state index contributed by atoms with van der Waals surface area (Å²) in [7, 11) is -3.57. The summed E-state index contributed by atoms with van der Waals surface area (Å²) in [6.45, 7) is 7.75. The molecule has 1 saturated carbocycles. The molecule has 2 N–H and O–H groups in total. The predicted octanol–water partition coefficient (Wildman–Crippen LogP) is 3.36. The number of ether oxygens (including phenoxy) is 1. The number of nitrogens with one attached hydrogen (secondary N) is 2. The van der Waals surface area contributed by atoms with E-state index in [1.54, 1.807) is 24.3 Å². The number of hydrogen-bond acceptors (Lipinski definition) is 4. The van der Waals surface area contributed by atoms with Crippen molar-refractivity contribution in [1.82, 2.24) is 10.0 Å². The van der Waals surface area contributed by atoms with E-state index in [-0.39, 0.29) is 16.9 Å². The highest BCUT2D eigenvalue weighted by Crippen LogP contribution is 2.26. The first kappa shape index (κ1) is 20.7. The molecule has 7 heteroatoms. The number of alkyl carbamates (subject to hydrolysis) is 1. The van der Waals surface area contributed by atoms with Crippen molar-refractivity contribution in [3.8, 4) is 0 Å². The molecule has 146 valence electrons. The number of amides is 1. The molecular weight excluding hydrogens is 352 g/mol. The Kier molecular flexibility index (Phi) is 6.69. The van der Waals surface area contributed by atoms with Crippen molar-refractivity contribution in [3.63, 3.8) is 0 Å². The van der Waals surface area contributed by atoms with Gasteiger partial charge in [0.25, 0.3) is 0 Å². The van der Waals surface area contributed by atoms with Gasteiger partial charge in [0.15, 0.2) is 0 Å². The molecule has 0 saturated heterocycles. The lowest BCUT2D eigenvalue weighted by Gasteiger charge is -2.32. The van der Waals surface area contributed by atoms with Crippen molar-refractivity contribution in [1.29, 1.82) is 0 Å². The second-order valence-electron chi connectivity index (χ2n) is 7.97. The first-order chi connectivity index (χ1) is 12.1. The summed E-state index contributed by atoms with van der Waals surface area (Å²) in [6.07, 6.45) is 3.18. The van der Waals surface area contributed by atoms with Gasteiger partial charge in [0, 0.05) is 12.6 Å². The Bertz CT molecular complexity index is 708. The van der Waals surface area contributed by atoms with Crippen molar-refractivity contribution in [2.75, 3.05) is 6.54 Å². The van der Waals surface area contributed by atoms with Crippen LogP contribution in [0.1, 0.15) is 52.0 Å². The second-order valence-corrected chi connectivity index (χ2v) is 9.68. The molecule has 0 heterocycles. The van der Waals surface area contributed by atoms with Gasteiger partial charge < -0.3 is 10.1 Å². The maximum atomic E-state index is 12.7. The third kappa shape index (κ3) is 6.29. The van der Waals surface area contributed by atoms with E-state index in [0.29, 0.717) is 6.54 Å². The fraction of sp³-hybridized carbons (Fsp3) is 0.632. The molecule has 0 aliphatic heterocycles. The van der Waals surface area contributed by atoms with Gasteiger partial charge in [-0.05, 0) is 58.6 Å². The molecule has 1 aliphatic carbocycles. The number of benzene rings is 1. The Morgan fingerprint density at radius 3 is 2.38 bits per heavy atom. The van der Waals surface area contributed by atoms with Crippen LogP contribution in [0.5, 0.6) is 0 Å². The molecule has 1 aromatic carbocycles. The summed E-state index contributed by atoms with van der Waals surface area (Å²) in [5.74, 6) is 0.0523. The molecule has 1 aromatic rings. The molecule has 1 fully saturated rings. The Balaban J connectivity index is 1.99. The van der Waals surface area contributed by atoms with Crippen LogP contribution in [0.3, 0.4) is 0 Å². The van der Waals surface area contributed by atoms with Crippen LogP contribution in [0.4, 0.5) is 4.79 Å². The number of hydrogen-bond donors (Lipinski definition) is 2. The van der Waals surface area contributed by atoms with Gasteiger partial charge in [-0.25, -0.2) is 17.9 Å². The van der Waals surface area contributed by atoms with Crippen LogP contribution >= 0.6 is 0 Å². The SMILES string of the molecule is Cc1ccc(S(=O)(=O)N[C@H]2CCCC[C@H]2CNC(=O)OC(C)(C)C)cc1. The minimum absolute atomic E-state index is 0.0523. The van der Waals surface area contributed by atoms with Gasteiger partial charge in [-0.15, -0.1) is 0 Å². The molecule has 6 nitrogen and oxygen atoms in total. The molecule has 2 rings (SSSR count). The summed E-state index contributed by atoms with van der Waals surface area (Å²) in [4.78, 5) is 12.1. The maximum absolute atomic E-state index is 12.7. The average Bonchev–Trinajstić information content (AvgIpc) is 2.52. The molecule has 0 radical (unpaired) electrons. The number of carbonyl (C=O) groups excluding carboxylic acids is 1. The van der Waals surface area contributed by atoms with Crippen LogP contribution in [0.15, 0.2) is 29.2 Å². The molecule has 0 aromatic heterocycles. The van der Waals surface area contributed by atoms with Gasteiger partial charge in [-0.2, -0.15) is 0 Å². The van der Waals surface area contributed by atoms with Crippen molar-refractivity contribution < 1.29 is 17.9 Å². The van der Waals surface area contributed by atoms with Crippen molar-refractivity contribution in [2.24, 2.45) is 5.92 Å². The molecule has 0 spiro atoms. The third-order valence-electron chi connectivity index (χ3n) is 4.45. The largest absolute Gasteiger partial charge is 0.444 e. The molecule has 0 unspecified atom stereocenters. The third-order valence-corrected chi connectivity index (χ3v) is 5.96. The average molecular weight is 383 g/mol. The van der Waals surface area contributed by atoms with Gasteiger partial charge in [-0.3, -0.25) is 0 Å². The number of carbonyl (C=O) groups is 1. The highest BCUT2D eigenvalue weighted by Gasteiger charge is 2.30.